The van der Waals surface area contributed by atoms with E-state index in [2.05, 4.69) is 16.1 Å². The van der Waals surface area contributed by atoms with Crippen LogP contribution in [0.3, 0.4) is 0 Å². The predicted octanol–water partition coefficient (Wildman–Crippen LogP) is 3.09. The summed E-state index contributed by atoms with van der Waals surface area (Å²) >= 11 is 0. The molecule has 3 N–H and O–H groups in total. The van der Waals surface area contributed by atoms with Crippen molar-refractivity contribution in [3.63, 3.8) is 0 Å². The molecular formula is C30H36N6O6. The molecule has 0 radical (unpaired) electrons. The van der Waals surface area contributed by atoms with E-state index in [9.17, 15) is 14.7 Å². The van der Waals surface area contributed by atoms with Crippen molar-refractivity contribution in [3.05, 3.63) is 81.8 Å². The minimum absolute atomic E-state index is 0.143. The molecule has 42 heavy (non-hydrogen) atoms. The molecule has 1 aromatic heterocycles. The number of hydrazone groups is 1. The second-order valence-corrected chi connectivity index (χ2v) is 11.0. The second kappa shape index (κ2) is 11.8. The van der Waals surface area contributed by atoms with E-state index < -0.39 is 29.5 Å². The van der Waals surface area contributed by atoms with E-state index in [1.165, 1.54) is 0 Å². The third-order valence-electron chi connectivity index (χ3n) is 7.26. The molecule has 3 heterocycles. The van der Waals surface area contributed by atoms with Crippen LogP contribution in [-0.2, 0) is 22.7 Å². The monoisotopic (exact) mass is 576 g/mol. The first-order valence-electron chi connectivity index (χ1n) is 13.9. The van der Waals surface area contributed by atoms with Gasteiger partial charge in [-0.1, -0.05) is 55.5 Å². The largest absolute Gasteiger partial charge is 0.519 e. The summed E-state index contributed by atoms with van der Waals surface area (Å²) in [6.45, 7) is 7.00. The van der Waals surface area contributed by atoms with Crippen molar-refractivity contribution < 1.29 is 23.5 Å². The average Bonchev–Trinajstić information content (AvgIpc) is 3.64. The molecule has 5 rings (SSSR count). The van der Waals surface area contributed by atoms with E-state index >= 15 is 0 Å². The summed E-state index contributed by atoms with van der Waals surface area (Å²) in [5.41, 5.74) is 8.69. The summed E-state index contributed by atoms with van der Waals surface area (Å²) in [6.07, 6.45) is 1.45. The average molecular weight is 577 g/mol. The van der Waals surface area contributed by atoms with Gasteiger partial charge in [0.25, 0.3) is 0 Å². The van der Waals surface area contributed by atoms with Crippen LogP contribution >= 0.6 is 0 Å². The number of hydrogen-bond donors (Lipinski definition) is 3. The van der Waals surface area contributed by atoms with Crippen molar-refractivity contribution in [2.45, 2.75) is 71.4 Å². The van der Waals surface area contributed by atoms with Gasteiger partial charge < -0.3 is 23.6 Å². The van der Waals surface area contributed by atoms with Gasteiger partial charge in [-0.2, -0.15) is 0 Å². The number of nitrogens with zero attached hydrogens (tertiary/aromatic N) is 4. The van der Waals surface area contributed by atoms with E-state index in [0.717, 1.165) is 40.3 Å². The van der Waals surface area contributed by atoms with Crippen molar-refractivity contribution in [1.29, 1.82) is 0 Å². The Kier molecular flexibility index (Phi) is 8.19. The number of aryl methyl sites for hydroxylation is 1. The maximum Gasteiger partial charge on any atom is 0.519 e. The summed E-state index contributed by atoms with van der Waals surface area (Å²) in [6, 6.07) is 14.5. The van der Waals surface area contributed by atoms with Gasteiger partial charge in [0, 0.05) is 25.6 Å². The Labute approximate surface area is 243 Å². The van der Waals surface area contributed by atoms with Gasteiger partial charge in [0.2, 0.25) is 0 Å². The Morgan fingerprint density at radius 3 is 2.43 bits per heavy atom. The van der Waals surface area contributed by atoms with Crippen molar-refractivity contribution >= 4 is 17.6 Å². The number of benzene rings is 2. The van der Waals surface area contributed by atoms with Crippen LogP contribution in [0.15, 0.2) is 72.3 Å². The molecule has 0 amide bonds. The van der Waals surface area contributed by atoms with Crippen LogP contribution in [0.5, 0.6) is 0 Å². The fraction of sp³-hybridized carbons (Fsp3) is 0.400. The molecule has 0 fully saturated rings. The van der Waals surface area contributed by atoms with Crippen LogP contribution in [0.1, 0.15) is 56.3 Å². The van der Waals surface area contributed by atoms with Gasteiger partial charge in [-0.3, -0.25) is 10.4 Å². The molecule has 12 nitrogen and oxygen atoms in total. The van der Waals surface area contributed by atoms with Crippen LogP contribution in [0.25, 0.3) is 11.1 Å². The van der Waals surface area contributed by atoms with Crippen molar-refractivity contribution in [2.75, 3.05) is 7.05 Å². The smallest absolute Gasteiger partial charge is 0.456 e. The molecule has 2 aromatic carbocycles. The Hall–Kier alpha value is -4.42. The second-order valence-electron chi connectivity index (χ2n) is 11.0. The lowest BCUT2D eigenvalue weighted by molar-refractivity contribution is -0.153. The molecule has 2 aliphatic heterocycles. The molecule has 0 saturated heterocycles. The Balaban J connectivity index is 1.40. The van der Waals surface area contributed by atoms with Gasteiger partial charge >= 0.3 is 11.8 Å². The Morgan fingerprint density at radius 1 is 1.12 bits per heavy atom. The topological polar surface area (TPSA) is 145 Å². The van der Waals surface area contributed by atoms with Crippen LogP contribution in [0, 0.1) is 6.92 Å². The number of hydrazine groups is 2. The van der Waals surface area contributed by atoms with Crippen LogP contribution in [0.2, 0.25) is 0 Å². The summed E-state index contributed by atoms with van der Waals surface area (Å²) in [7, 11) is 1.81. The number of aliphatic hydroxyl groups is 1. The Morgan fingerprint density at radius 2 is 1.83 bits per heavy atom. The highest BCUT2D eigenvalue weighted by Gasteiger charge is 2.48. The fourth-order valence-electron chi connectivity index (χ4n) is 5.17. The normalized spacial score (nSPS) is 18.6. The zero-order chi connectivity index (χ0) is 30.0. The van der Waals surface area contributed by atoms with E-state index in [-0.39, 0.29) is 18.1 Å². The summed E-state index contributed by atoms with van der Waals surface area (Å²) in [4.78, 5) is 31.7. The van der Waals surface area contributed by atoms with E-state index in [0.29, 0.717) is 13.0 Å². The molecule has 2 aliphatic rings. The molecular weight excluding hydrogens is 540 g/mol. The minimum atomic E-state index is -1.29. The van der Waals surface area contributed by atoms with E-state index in [1.54, 1.807) is 25.9 Å². The van der Waals surface area contributed by atoms with E-state index in [1.807, 2.05) is 67.4 Å². The number of carbonyl (C=O) groups excluding carboxylic acids is 1. The van der Waals surface area contributed by atoms with Crippen LogP contribution < -0.4 is 16.8 Å². The molecule has 222 valence electrons. The molecule has 0 spiro atoms. The highest BCUT2D eigenvalue weighted by atomic mass is 16.6. The maximum atomic E-state index is 13.5. The van der Waals surface area contributed by atoms with Gasteiger partial charge in [-0.15, -0.1) is 10.6 Å². The molecule has 3 aromatic rings. The number of nitrogens with one attached hydrogen (secondary N) is 2. The highest BCUT2D eigenvalue weighted by Crippen LogP contribution is 2.32. The zero-order valence-corrected chi connectivity index (χ0v) is 24.4. The van der Waals surface area contributed by atoms with Gasteiger partial charge in [0.1, 0.15) is 11.9 Å². The van der Waals surface area contributed by atoms with Gasteiger partial charge in [0.15, 0.2) is 30.0 Å². The summed E-state index contributed by atoms with van der Waals surface area (Å²) in [5.74, 6) is 0.413. The Bertz CT molecular complexity index is 1550. The summed E-state index contributed by atoms with van der Waals surface area (Å²) < 4.78 is 15.5. The lowest BCUT2D eigenvalue weighted by Gasteiger charge is -2.33. The number of hydrogen-bond acceptors (Lipinski definition) is 12. The SMILES string of the molecule is CCCC1=NC(C(C)(C)O)C(C(=O)OCc2oc(=O)oc2C)N1Cc1ccc(-c2ccccc2C2=NN(C)NN2)cc1. The number of rotatable bonds is 10. The number of ether oxygens (including phenoxy) is 1. The van der Waals surface area contributed by atoms with Gasteiger partial charge in [-0.25, -0.2) is 14.7 Å². The minimum Gasteiger partial charge on any atom is -0.456 e. The number of carbonyl (C=O) groups is 1. The third kappa shape index (κ3) is 6.09. The first kappa shape index (κ1) is 29.1. The number of aliphatic imine (C=N–C) groups is 1. The number of esters is 1. The molecule has 2 unspecified atom stereocenters. The van der Waals surface area contributed by atoms with Gasteiger partial charge in [0.05, 0.1) is 5.60 Å². The summed E-state index contributed by atoms with van der Waals surface area (Å²) in [5, 5.41) is 17.1. The van der Waals surface area contributed by atoms with Crippen molar-refractivity contribution in [2.24, 2.45) is 10.1 Å². The molecule has 2 atom stereocenters. The fourth-order valence-corrected chi connectivity index (χ4v) is 5.17. The number of amidine groups is 2. The molecule has 0 saturated carbocycles. The third-order valence-corrected chi connectivity index (χ3v) is 7.26. The molecule has 0 aliphatic carbocycles. The zero-order valence-electron chi connectivity index (χ0n) is 24.4. The maximum absolute atomic E-state index is 13.5. The first-order valence-corrected chi connectivity index (χ1v) is 13.9. The lowest BCUT2D eigenvalue weighted by Crippen LogP contribution is -2.52. The van der Waals surface area contributed by atoms with Gasteiger partial charge in [-0.05, 0) is 43.9 Å². The van der Waals surface area contributed by atoms with E-state index in [4.69, 9.17) is 18.6 Å². The first-order chi connectivity index (χ1) is 20.0. The lowest BCUT2D eigenvalue weighted by atomic mass is 9.92. The van der Waals surface area contributed by atoms with Crippen LogP contribution in [-0.4, -0.2) is 57.5 Å². The molecule has 0 bridgehead atoms. The predicted molar refractivity (Wildman–Crippen MR) is 156 cm³/mol. The molecule has 12 heteroatoms. The quantitative estimate of drug-likeness (QED) is 0.308. The standard InChI is InChI=1S/C30H36N6O6/c1-6-9-24-31-26(30(3,4)39)25(28(37)40-17-23-18(2)41-29(38)42-23)36(24)16-19-12-14-20(15-13-19)21-10-7-8-11-22(21)27-32-34-35(5)33-27/h7-8,10-15,25-26,34,39H,6,9,16-17H2,1-5H3,(H,32,33). The van der Waals surface area contributed by atoms with Crippen LogP contribution in [0.4, 0.5) is 0 Å². The van der Waals surface area contributed by atoms with Crippen molar-refractivity contribution in [1.82, 2.24) is 21.0 Å². The van der Waals surface area contributed by atoms with Crippen molar-refractivity contribution in [3.8, 4) is 11.1 Å². The highest BCUT2D eigenvalue weighted by molar-refractivity contribution is 6.04.